The van der Waals surface area contributed by atoms with E-state index in [2.05, 4.69) is 4.74 Å². The van der Waals surface area contributed by atoms with Crippen LogP contribution in [0.4, 0.5) is 0 Å². The van der Waals surface area contributed by atoms with E-state index in [0.29, 0.717) is 5.57 Å². The van der Waals surface area contributed by atoms with Gasteiger partial charge in [-0.05, 0) is 12.2 Å². The fourth-order valence-corrected chi connectivity index (χ4v) is 1.03. The van der Waals surface area contributed by atoms with Crippen molar-refractivity contribution >= 4 is 5.97 Å². The Balaban J connectivity index is 2.99. The van der Waals surface area contributed by atoms with E-state index in [0.717, 1.165) is 0 Å². The highest BCUT2D eigenvalue weighted by molar-refractivity contribution is 5.89. The topological polar surface area (TPSA) is 70.3 Å². The maximum absolute atomic E-state index is 11.1. The fourth-order valence-electron chi connectivity index (χ4n) is 1.03. The predicted molar refractivity (Wildman–Crippen MR) is 49.1 cm³/mol. The molecule has 0 atom stereocenters. The van der Waals surface area contributed by atoms with Crippen molar-refractivity contribution in [2.75, 3.05) is 7.11 Å². The lowest BCUT2D eigenvalue weighted by Gasteiger charge is -1.99. The van der Waals surface area contributed by atoms with Gasteiger partial charge in [0.2, 0.25) is 0 Å². The van der Waals surface area contributed by atoms with Crippen LogP contribution >= 0.6 is 0 Å². The summed E-state index contributed by atoms with van der Waals surface area (Å²) in [7, 11) is 1.28. The molecule has 0 saturated heterocycles. The van der Waals surface area contributed by atoms with E-state index in [9.17, 15) is 9.90 Å². The summed E-state index contributed by atoms with van der Waals surface area (Å²) in [6.07, 6.45) is 4.54. The van der Waals surface area contributed by atoms with Crippen LogP contribution in [0, 0.1) is 11.3 Å². The van der Waals surface area contributed by atoms with Gasteiger partial charge in [0.15, 0.2) is 0 Å². The first kappa shape index (κ1) is 10.1. The van der Waals surface area contributed by atoms with E-state index in [4.69, 9.17) is 5.26 Å². The zero-order valence-electron chi connectivity index (χ0n) is 7.65. The second-order valence-electron chi connectivity index (χ2n) is 2.67. The third-order valence-corrected chi connectivity index (χ3v) is 1.81. The number of carbonyl (C=O) groups excluding carboxylic acids is 1. The van der Waals surface area contributed by atoms with Gasteiger partial charge in [-0.15, -0.1) is 0 Å². The number of methoxy groups -OCH3 is 1. The smallest absolute Gasteiger partial charge is 0.334 e. The van der Waals surface area contributed by atoms with Crippen LogP contribution < -0.4 is 0 Å². The number of allylic oxidation sites excluding steroid dienone is 4. The van der Waals surface area contributed by atoms with Crippen molar-refractivity contribution in [1.82, 2.24) is 0 Å². The molecule has 0 aromatic heterocycles. The molecule has 1 rings (SSSR count). The van der Waals surface area contributed by atoms with Gasteiger partial charge in [0.05, 0.1) is 12.7 Å². The zero-order valence-corrected chi connectivity index (χ0v) is 7.65. The van der Waals surface area contributed by atoms with Gasteiger partial charge in [0.25, 0.3) is 0 Å². The van der Waals surface area contributed by atoms with Crippen LogP contribution in [0.5, 0.6) is 0 Å². The van der Waals surface area contributed by atoms with Gasteiger partial charge in [-0.2, -0.15) is 5.26 Å². The predicted octanol–water partition coefficient (Wildman–Crippen LogP) is 1.38. The molecule has 0 aromatic carbocycles. The van der Waals surface area contributed by atoms with E-state index in [-0.39, 0.29) is 17.8 Å². The number of nitrogens with zero attached hydrogens (tertiary/aromatic N) is 1. The molecule has 4 nitrogen and oxygen atoms in total. The zero-order chi connectivity index (χ0) is 10.6. The number of ether oxygens (including phenoxy) is 1. The van der Waals surface area contributed by atoms with Crippen molar-refractivity contribution < 1.29 is 14.6 Å². The summed E-state index contributed by atoms with van der Waals surface area (Å²) in [6.45, 7) is 0. The molecule has 14 heavy (non-hydrogen) atoms. The van der Waals surface area contributed by atoms with Gasteiger partial charge in [0.1, 0.15) is 11.8 Å². The standard InChI is InChI=1S/C10H9NO3/c1-14-10(13)7-2-3-8(6-11)9(12)5-4-7/h2-3,5,12H,4H2,1H3. The van der Waals surface area contributed by atoms with Crippen molar-refractivity contribution in [1.29, 1.82) is 5.26 Å². The number of nitriles is 1. The summed E-state index contributed by atoms with van der Waals surface area (Å²) in [4.78, 5) is 11.1. The van der Waals surface area contributed by atoms with Gasteiger partial charge in [-0.1, -0.05) is 6.08 Å². The third kappa shape index (κ3) is 2.02. The monoisotopic (exact) mass is 191 g/mol. The normalized spacial score (nSPS) is 15.6. The number of carbonyl (C=O) groups is 1. The first-order valence-corrected chi connectivity index (χ1v) is 3.97. The highest BCUT2D eigenvalue weighted by Crippen LogP contribution is 2.16. The highest BCUT2D eigenvalue weighted by Gasteiger charge is 2.12. The number of esters is 1. The molecule has 0 unspecified atom stereocenters. The molecule has 0 aromatic rings. The molecule has 1 aliphatic carbocycles. The van der Waals surface area contributed by atoms with Crippen molar-refractivity contribution in [2.45, 2.75) is 6.42 Å². The number of aliphatic hydroxyl groups is 1. The molecular weight excluding hydrogens is 182 g/mol. The van der Waals surface area contributed by atoms with Crippen LogP contribution in [0.3, 0.4) is 0 Å². The van der Waals surface area contributed by atoms with Gasteiger partial charge < -0.3 is 9.84 Å². The molecule has 0 heterocycles. The molecule has 4 heteroatoms. The van der Waals surface area contributed by atoms with Gasteiger partial charge in [0, 0.05) is 12.0 Å². The summed E-state index contributed by atoms with van der Waals surface area (Å²) in [5.74, 6) is -0.563. The van der Waals surface area contributed by atoms with Crippen molar-refractivity contribution in [3.63, 3.8) is 0 Å². The number of aliphatic hydroxyl groups excluding tert-OH is 1. The first-order chi connectivity index (χ1) is 6.69. The lowest BCUT2D eigenvalue weighted by atomic mass is 10.2. The van der Waals surface area contributed by atoms with Gasteiger partial charge in [-0.3, -0.25) is 0 Å². The molecule has 0 amide bonds. The Morgan fingerprint density at radius 2 is 2.36 bits per heavy atom. The van der Waals surface area contributed by atoms with Crippen molar-refractivity contribution in [3.05, 3.63) is 35.1 Å². The Morgan fingerprint density at radius 1 is 1.64 bits per heavy atom. The molecule has 0 fully saturated rings. The number of hydrogen-bond donors (Lipinski definition) is 1. The van der Waals surface area contributed by atoms with Crippen LogP contribution in [0.1, 0.15) is 6.42 Å². The summed E-state index contributed by atoms with van der Waals surface area (Å²) >= 11 is 0. The molecule has 0 bridgehead atoms. The number of hydrogen-bond acceptors (Lipinski definition) is 4. The maximum atomic E-state index is 11.1. The molecule has 0 aliphatic heterocycles. The Morgan fingerprint density at radius 3 is 2.93 bits per heavy atom. The molecule has 1 aliphatic rings. The van der Waals surface area contributed by atoms with Gasteiger partial charge in [-0.25, -0.2) is 4.79 Å². The molecule has 1 N–H and O–H groups in total. The quantitative estimate of drug-likeness (QED) is 0.635. The molecule has 72 valence electrons. The van der Waals surface area contributed by atoms with E-state index >= 15 is 0 Å². The van der Waals surface area contributed by atoms with Gasteiger partial charge >= 0.3 is 5.97 Å². The van der Waals surface area contributed by atoms with Crippen LogP contribution in [0.25, 0.3) is 0 Å². The summed E-state index contributed by atoms with van der Waals surface area (Å²) < 4.78 is 4.52. The average molecular weight is 191 g/mol. The lowest BCUT2D eigenvalue weighted by Crippen LogP contribution is -2.03. The largest absolute Gasteiger partial charge is 0.507 e. The second-order valence-corrected chi connectivity index (χ2v) is 2.67. The van der Waals surface area contributed by atoms with Crippen LogP contribution in [-0.4, -0.2) is 18.2 Å². The van der Waals surface area contributed by atoms with E-state index in [1.807, 2.05) is 6.07 Å². The summed E-state index contributed by atoms with van der Waals surface area (Å²) in [5.41, 5.74) is 0.549. The van der Waals surface area contributed by atoms with Crippen LogP contribution in [-0.2, 0) is 9.53 Å². The maximum Gasteiger partial charge on any atom is 0.334 e. The summed E-state index contributed by atoms with van der Waals surface area (Å²) in [6, 6.07) is 1.82. The highest BCUT2D eigenvalue weighted by atomic mass is 16.5. The van der Waals surface area contributed by atoms with Crippen LogP contribution in [0.15, 0.2) is 35.1 Å². The average Bonchev–Trinajstić information content (AvgIpc) is 2.39. The van der Waals surface area contributed by atoms with Crippen molar-refractivity contribution in [2.24, 2.45) is 0 Å². The molecular formula is C10H9NO3. The minimum Gasteiger partial charge on any atom is -0.507 e. The van der Waals surface area contributed by atoms with Crippen molar-refractivity contribution in [3.8, 4) is 6.07 Å². The van der Waals surface area contributed by atoms with Crippen LogP contribution in [0.2, 0.25) is 0 Å². The first-order valence-electron chi connectivity index (χ1n) is 3.97. The molecule has 0 spiro atoms. The minimum absolute atomic E-state index is 0.109. The SMILES string of the molecule is COC(=O)C1=CC=C(C#N)C(O)=CC1. The lowest BCUT2D eigenvalue weighted by molar-refractivity contribution is -0.136. The fraction of sp³-hybridized carbons (Fsp3) is 0.200. The summed E-state index contributed by atoms with van der Waals surface area (Å²) in [5, 5.41) is 17.9. The molecule has 0 saturated carbocycles. The second kappa shape index (κ2) is 4.28. The van der Waals surface area contributed by atoms with E-state index in [1.54, 1.807) is 0 Å². The third-order valence-electron chi connectivity index (χ3n) is 1.81. The Kier molecular flexibility index (Phi) is 3.08. The molecule has 0 radical (unpaired) electrons. The number of rotatable bonds is 1. The minimum atomic E-state index is -0.454. The van der Waals surface area contributed by atoms with E-state index < -0.39 is 5.97 Å². The Hall–Kier alpha value is -2.02. The Bertz CT molecular complexity index is 383. The Labute approximate surface area is 81.4 Å². The van der Waals surface area contributed by atoms with E-state index in [1.165, 1.54) is 25.3 Å².